The van der Waals surface area contributed by atoms with Crippen LogP contribution in [0.3, 0.4) is 0 Å². The zero-order chi connectivity index (χ0) is 23.1. The second-order valence-corrected chi connectivity index (χ2v) is 7.36. The van der Waals surface area contributed by atoms with Crippen molar-refractivity contribution in [2.24, 2.45) is 0 Å². The number of carbonyl (C=O) groups excluding carboxylic acids is 1. The maximum Gasteiger partial charge on any atom is 0.183 e. The van der Waals surface area contributed by atoms with Crippen molar-refractivity contribution in [2.45, 2.75) is 26.7 Å². The summed E-state index contributed by atoms with van der Waals surface area (Å²) in [4.78, 5) is 16.4. The number of carbonyl (C=O) groups is 1. The van der Waals surface area contributed by atoms with Crippen molar-refractivity contribution in [2.75, 3.05) is 14.2 Å². The predicted octanol–water partition coefficient (Wildman–Crippen LogP) is 5.57. The van der Waals surface area contributed by atoms with E-state index in [9.17, 15) is 4.79 Å². The van der Waals surface area contributed by atoms with Crippen molar-refractivity contribution in [3.05, 3.63) is 84.5 Å². The number of nitrogens with zero attached hydrogens (tertiary/aromatic N) is 3. The number of methoxy groups -OCH3 is 2. The summed E-state index contributed by atoms with van der Waals surface area (Å²) in [6.45, 7) is 7.80. The molecule has 170 valence electrons. The predicted molar refractivity (Wildman–Crippen MR) is 126 cm³/mol. The third-order valence-corrected chi connectivity index (χ3v) is 4.92. The van der Waals surface area contributed by atoms with E-state index in [1.165, 1.54) is 5.56 Å². The van der Waals surface area contributed by atoms with Crippen LogP contribution in [-0.4, -0.2) is 34.6 Å². The van der Waals surface area contributed by atoms with Crippen molar-refractivity contribution in [3.63, 3.8) is 0 Å². The summed E-state index contributed by atoms with van der Waals surface area (Å²) in [5.74, 6) is 1.32. The fraction of sp³-hybridized carbons (Fsp3) is 0.231. The number of ketones is 1. The molecule has 0 saturated heterocycles. The Bertz CT molecular complexity index is 1180. The second-order valence-electron chi connectivity index (χ2n) is 7.36. The average Bonchev–Trinajstić information content (AvgIpc) is 3.26. The molecule has 4 aromatic rings. The third-order valence-electron chi connectivity index (χ3n) is 4.92. The third kappa shape index (κ3) is 6.63. The Hall–Kier alpha value is -2.75. The maximum atomic E-state index is 12.1. The molecule has 0 fully saturated rings. The van der Waals surface area contributed by atoms with E-state index in [0.717, 1.165) is 23.2 Å². The van der Waals surface area contributed by atoms with E-state index < -0.39 is 0 Å². The number of fused-ring (bicyclic) bond motifs is 1. The van der Waals surface area contributed by atoms with Crippen LogP contribution in [0.5, 0.6) is 11.5 Å². The quantitative estimate of drug-likeness (QED) is 0.199. The summed E-state index contributed by atoms with van der Waals surface area (Å²) in [5.41, 5.74) is 5.18. The van der Waals surface area contributed by atoms with Crippen molar-refractivity contribution < 1.29 is 45.4 Å². The molecule has 2 aromatic carbocycles. The minimum atomic E-state index is 0. The van der Waals surface area contributed by atoms with Crippen LogP contribution < -0.4 is 9.47 Å². The molecule has 0 atom stereocenters. The van der Waals surface area contributed by atoms with Gasteiger partial charge < -0.3 is 9.47 Å². The largest absolute Gasteiger partial charge is 0.493 e. The molecule has 6 nitrogen and oxygen atoms in total. The second kappa shape index (κ2) is 12.5. The van der Waals surface area contributed by atoms with Gasteiger partial charge in [0.05, 0.1) is 19.9 Å². The summed E-state index contributed by atoms with van der Waals surface area (Å²) in [6.07, 6.45) is 2.98. The zero-order valence-corrected chi connectivity index (χ0v) is 23.6. The smallest absolute Gasteiger partial charge is 0.183 e. The molecule has 0 N–H and O–H groups in total. The first-order valence-corrected chi connectivity index (χ1v) is 10.5. The monoisotopic (exact) mass is 668 g/mol. The molecule has 0 amide bonds. The molecule has 0 bridgehead atoms. The SMILES string of the molecule is CCCC(=O)c1cc2nccc(-c3ccc(OC)c(OC)c3)n2n1.[CH2-]c1ccc(C)cc1.[U]. The van der Waals surface area contributed by atoms with Gasteiger partial charge in [-0.3, -0.25) is 4.79 Å². The first-order chi connectivity index (χ1) is 15.5. The number of hydrogen-bond acceptors (Lipinski definition) is 5. The molecule has 0 saturated carbocycles. The number of rotatable bonds is 6. The summed E-state index contributed by atoms with van der Waals surface area (Å²) in [7, 11) is 3.19. The number of hydrogen-bond donors (Lipinski definition) is 0. The van der Waals surface area contributed by atoms with Crippen LogP contribution in [0.4, 0.5) is 0 Å². The van der Waals surface area contributed by atoms with E-state index in [4.69, 9.17) is 9.47 Å². The first-order valence-electron chi connectivity index (χ1n) is 10.5. The number of Topliss-reactive ketones (excluding diaryl/α,β-unsaturated/α-hetero) is 1. The van der Waals surface area contributed by atoms with Crippen LogP contribution in [0, 0.1) is 45.0 Å². The zero-order valence-electron chi connectivity index (χ0n) is 19.5. The van der Waals surface area contributed by atoms with Crippen molar-refractivity contribution in [3.8, 4) is 22.8 Å². The Labute approximate surface area is 218 Å². The Morgan fingerprint density at radius 3 is 2.30 bits per heavy atom. The molecule has 0 unspecified atom stereocenters. The van der Waals surface area contributed by atoms with Crippen LogP contribution in [0.2, 0.25) is 0 Å². The molecular formula is C26H28N3O3U-. The van der Waals surface area contributed by atoms with Crippen molar-refractivity contribution in [1.29, 1.82) is 0 Å². The van der Waals surface area contributed by atoms with Crippen LogP contribution in [-0.2, 0) is 0 Å². The van der Waals surface area contributed by atoms with E-state index >= 15 is 0 Å². The van der Waals surface area contributed by atoms with Crippen molar-refractivity contribution >= 4 is 11.4 Å². The number of ether oxygens (including phenoxy) is 2. The molecule has 4 rings (SSSR count). The molecule has 2 aromatic heterocycles. The van der Waals surface area contributed by atoms with Gasteiger partial charge in [0.1, 0.15) is 5.69 Å². The average molecular weight is 669 g/mol. The molecule has 0 spiro atoms. The van der Waals surface area contributed by atoms with E-state index in [1.807, 2.05) is 43.3 Å². The van der Waals surface area contributed by atoms with Gasteiger partial charge >= 0.3 is 0 Å². The topological polar surface area (TPSA) is 65.7 Å². The molecular weight excluding hydrogens is 640 g/mol. The van der Waals surface area contributed by atoms with Gasteiger partial charge in [0.2, 0.25) is 0 Å². The molecule has 7 heteroatoms. The van der Waals surface area contributed by atoms with E-state index in [1.54, 1.807) is 31.0 Å². The van der Waals surface area contributed by atoms with Gasteiger partial charge in [0.15, 0.2) is 22.9 Å². The van der Waals surface area contributed by atoms with Gasteiger partial charge in [-0.2, -0.15) is 29.7 Å². The molecule has 0 aliphatic heterocycles. The fourth-order valence-electron chi connectivity index (χ4n) is 3.19. The summed E-state index contributed by atoms with van der Waals surface area (Å²) in [5, 5.41) is 4.44. The minimum Gasteiger partial charge on any atom is -0.493 e. The summed E-state index contributed by atoms with van der Waals surface area (Å²) < 4.78 is 12.3. The Kier molecular flexibility index (Phi) is 10.0. The van der Waals surface area contributed by atoms with Gasteiger partial charge in [-0.1, -0.05) is 12.5 Å². The number of benzene rings is 2. The summed E-state index contributed by atoms with van der Waals surface area (Å²) >= 11 is 0. The maximum absolute atomic E-state index is 12.1. The van der Waals surface area contributed by atoms with Gasteiger partial charge in [-0.25, -0.2) is 9.50 Å². The van der Waals surface area contributed by atoms with Gasteiger partial charge in [-0.15, -0.1) is 12.1 Å². The van der Waals surface area contributed by atoms with Gasteiger partial charge in [0.25, 0.3) is 0 Å². The van der Waals surface area contributed by atoms with E-state index in [-0.39, 0.29) is 36.9 Å². The first kappa shape index (κ1) is 26.5. The minimum absolute atomic E-state index is 0. The number of aryl methyl sites for hydroxylation is 1. The molecule has 0 aliphatic carbocycles. The Balaban J connectivity index is 0.000000364. The molecule has 2 heterocycles. The van der Waals surface area contributed by atoms with Gasteiger partial charge in [0, 0.05) is 55.4 Å². The van der Waals surface area contributed by atoms with Crippen LogP contribution in [0.25, 0.3) is 16.9 Å². The van der Waals surface area contributed by atoms with Gasteiger partial charge in [-0.05, 0) is 37.6 Å². The van der Waals surface area contributed by atoms with Crippen LogP contribution in [0.1, 0.15) is 41.4 Å². The molecule has 0 radical (unpaired) electrons. The van der Waals surface area contributed by atoms with E-state index in [0.29, 0.717) is 29.3 Å². The van der Waals surface area contributed by atoms with Crippen LogP contribution in [0.15, 0.2) is 60.8 Å². The molecule has 0 aliphatic rings. The summed E-state index contributed by atoms with van der Waals surface area (Å²) in [6, 6.07) is 17.4. The molecule has 33 heavy (non-hydrogen) atoms. The standard InChI is InChI=1S/C18H19N3O3.C8H9.U/c1-4-5-15(22)13-11-18-19-9-8-14(21(18)20-13)12-6-7-16(23-2)17(10-12)24-3;1-7-3-5-8(2)6-4-7;/h6-11H,4-5H2,1-3H3;3-6H,1H2,2H3;/q;-1;. The van der Waals surface area contributed by atoms with Crippen LogP contribution >= 0.6 is 0 Å². The fourth-order valence-corrected chi connectivity index (χ4v) is 3.19. The number of aromatic nitrogens is 3. The normalized spacial score (nSPS) is 10.1. The van der Waals surface area contributed by atoms with E-state index in [2.05, 4.69) is 36.1 Å². The van der Waals surface area contributed by atoms with Crippen molar-refractivity contribution in [1.82, 2.24) is 14.6 Å². The Morgan fingerprint density at radius 1 is 1.00 bits per heavy atom. The Morgan fingerprint density at radius 2 is 1.70 bits per heavy atom.